The van der Waals surface area contributed by atoms with Crippen LogP contribution < -0.4 is 0 Å². The summed E-state index contributed by atoms with van der Waals surface area (Å²) in [6.07, 6.45) is 8.74. The number of carbonyl (C=O) groups is 1. The van der Waals surface area contributed by atoms with Gasteiger partial charge >= 0.3 is 0 Å². The van der Waals surface area contributed by atoms with Crippen molar-refractivity contribution in [1.82, 2.24) is 24.1 Å². The van der Waals surface area contributed by atoms with Crippen LogP contribution in [0, 0.1) is 13.8 Å². The van der Waals surface area contributed by atoms with E-state index in [0.29, 0.717) is 5.56 Å². The molecule has 0 aromatic carbocycles. The fourth-order valence-electron chi connectivity index (χ4n) is 3.79. The van der Waals surface area contributed by atoms with Crippen molar-refractivity contribution in [3.8, 4) is 0 Å². The van der Waals surface area contributed by atoms with E-state index < -0.39 is 0 Å². The zero-order valence-electron chi connectivity index (χ0n) is 14.7. The van der Waals surface area contributed by atoms with Crippen LogP contribution in [0.25, 0.3) is 5.65 Å². The molecule has 1 atom stereocenters. The van der Waals surface area contributed by atoms with Gasteiger partial charge in [-0.3, -0.25) is 9.48 Å². The summed E-state index contributed by atoms with van der Waals surface area (Å²) in [5, 5.41) is 4.57. The minimum atomic E-state index is 0.0723. The molecular weight excluding hydrogens is 314 g/mol. The summed E-state index contributed by atoms with van der Waals surface area (Å²) in [4.78, 5) is 19.6. The molecule has 1 amide bonds. The van der Waals surface area contributed by atoms with Crippen molar-refractivity contribution in [3.63, 3.8) is 0 Å². The van der Waals surface area contributed by atoms with Crippen molar-refractivity contribution in [2.45, 2.75) is 45.7 Å². The van der Waals surface area contributed by atoms with E-state index in [-0.39, 0.29) is 11.9 Å². The van der Waals surface area contributed by atoms with Crippen LogP contribution in [0.5, 0.6) is 0 Å². The maximum absolute atomic E-state index is 13.2. The second kappa shape index (κ2) is 6.35. The molecule has 0 spiro atoms. The molecule has 6 heteroatoms. The number of carbonyl (C=O) groups excluding carboxylic acids is 1. The SMILES string of the molecule is Cc1cc(C)n(C[C@@H]2CCCCN2C(=O)c2cccn3ccnc23)n1. The maximum atomic E-state index is 13.2. The molecule has 0 bridgehead atoms. The van der Waals surface area contributed by atoms with Gasteiger partial charge in [0.1, 0.15) is 5.65 Å². The maximum Gasteiger partial charge on any atom is 0.257 e. The molecular formula is C19H23N5O. The standard InChI is InChI=1S/C19H23N5O/c1-14-12-15(2)24(21-14)13-16-6-3-4-10-23(16)19(25)17-7-5-9-22-11-8-20-18(17)22/h5,7-9,11-12,16H,3-4,6,10,13H2,1-2H3/t16-/m0/s1. The number of likely N-dealkylation sites (tertiary alicyclic amines) is 1. The van der Waals surface area contributed by atoms with Crippen molar-refractivity contribution >= 4 is 11.6 Å². The Morgan fingerprint density at radius 1 is 1.28 bits per heavy atom. The smallest absolute Gasteiger partial charge is 0.257 e. The molecule has 3 aromatic rings. The Morgan fingerprint density at radius 3 is 2.96 bits per heavy atom. The Bertz CT molecular complexity index is 910. The molecule has 0 N–H and O–H groups in total. The van der Waals surface area contributed by atoms with Crippen LogP contribution in [0.3, 0.4) is 0 Å². The molecule has 25 heavy (non-hydrogen) atoms. The van der Waals surface area contributed by atoms with Gasteiger partial charge < -0.3 is 9.30 Å². The van der Waals surface area contributed by atoms with Gasteiger partial charge in [0.15, 0.2) is 0 Å². The molecule has 3 aromatic heterocycles. The summed E-state index contributed by atoms with van der Waals surface area (Å²) in [5.74, 6) is 0.0723. The van der Waals surface area contributed by atoms with Crippen molar-refractivity contribution in [3.05, 3.63) is 53.7 Å². The van der Waals surface area contributed by atoms with Crippen LogP contribution in [0.15, 0.2) is 36.8 Å². The van der Waals surface area contributed by atoms with Crippen LogP contribution in [-0.2, 0) is 6.54 Å². The Labute approximate surface area is 147 Å². The molecule has 4 rings (SSSR count). The van der Waals surface area contributed by atoms with E-state index in [1.54, 1.807) is 6.20 Å². The molecule has 1 saturated heterocycles. The van der Waals surface area contributed by atoms with E-state index in [9.17, 15) is 4.79 Å². The molecule has 1 fully saturated rings. The second-order valence-corrected chi connectivity index (χ2v) is 6.84. The molecule has 4 heterocycles. The number of rotatable bonds is 3. The van der Waals surface area contributed by atoms with Crippen molar-refractivity contribution in [1.29, 1.82) is 0 Å². The number of piperidine rings is 1. The van der Waals surface area contributed by atoms with E-state index in [4.69, 9.17) is 0 Å². The van der Waals surface area contributed by atoms with Gasteiger partial charge in [-0.05, 0) is 51.3 Å². The Balaban J connectivity index is 1.63. The van der Waals surface area contributed by atoms with Crippen molar-refractivity contribution in [2.75, 3.05) is 6.54 Å². The highest BCUT2D eigenvalue weighted by molar-refractivity contribution is 6.00. The van der Waals surface area contributed by atoms with E-state index in [0.717, 1.165) is 49.4 Å². The second-order valence-electron chi connectivity index (χ2n) is 6.84. The summed E-state index contributed by atoms with van der Waals surface area (Å²) in [6.45, 7) is 5.63. The molecule has 1 aliphatic heterocycles. The number of aryl methyl sites for hydroxylation is 2. The van der Waals surface area contributed by atoms with Crippen LogP contribution in [-0.4, -0.2) is 42.6 Å². The molecule has 0 aliphatic carbocycles. The lowest BCUT2D eigenvalue weighted by Crippen LogP contribution is -2.46. The first-order chi connectivity index (χ1) is 12.1. The Morgan fingerprint density at radius 2 is 2.16 bits per heavy atom. The lowest BCUT2D eigenvalue weighted by Gasteiger charge is -2.36. The number of nitrogens with zero attached hydrogens (tertiary/aromatic N) is 5. The quantitative estimate of drug-likeness (QED) is 0.738. The monoisotopic (exact) mass is 337 g/mol. The average Bonchev–Trinajstić information content (AvgIpc) is 3.21. The average molecular weight is 337 g/mol. The first-order valence-corrected chi connectivity index (χ1v) is 8.87. The minimum absolute atomic E-state index is 0.0723. The third-order valence-corrected chi connectivity index (χ3v) is 5.02. The first-order valence-electron chi connectivity index (χ1n) is 8.87. The predicted octanol–water partition coefficient (Wildman–Crippen LogP) is 2.84. The van der Waals surface area contributed by atoms with Crippen molar-refractivity contribution < 1.29 is 4.79 Å². The third-order valence-electron chi connectivity index (χ3n) is 5.02. The number of hydrogen-bond donors (Lipinski definition) is 0. The summed E-state index contributed by atoms with van der Waals surface area (Å²) < 4.78 is 3.93. The molecule has 0 saturated carbocycles. The predicted molar refractivity (Wildman–Crippen MR) is 95.6 cm³/mol. The van der Waals surface area contributed by atoms with Crippen LogP contribution in [0.4, 0.5) is 0 Å². The third kappa shape index (κ3) is 2.92. The highest BCUT2D eigenvalue weighted by Crippen LogP contribution is 2.23. The molecule has 0 unspecified atom stereocenters. The zero-order valence-corrected chi connectivity index (χ0v) is 14.7. The van der Waals surface area contributed by atoms with Crippen LogP contribution >= 0.6 is 0 Å². The van der Waals surface area contributed by atoms with Gasteiger partial charge in [0, 0.05) is 30.8 Å². The van der Waals surface area contributed by atoms with Gasteiger partial charge in [0.05, 0.1) is 23.8 Å². The highest BCUT2D eigenvalue weighted by Gasteiger charge is 2.29. The van der Waals surface area contributed by atoms with Gasteiger partial charge in [-0.1, -0.05) is 0 Å². The van der Waals surface area contributed by atoms with E-state index in [1.165, 1.54) is 0 Å². The number of imidazole rings is 1. The fourth-order valence-corrected chi connectivity index (χ4v) is 3.79. The van der Waals surface area contributed by atoms with Crippen molar-refractivity contribution in [2.24, 2.45) is 0 Å². The minimum Gasteiger partial charge on any atom is -0.334 e. The van der Waals surface area contributed by atoms with Gasteiger partial charge in [0.25, 0.3) is 5.91 Å². The first kappa shape index (κ1) is 15.9. The summed E-state index contributed by atoms with van der Waals surface area (Å²) in [6, 6.07) is 6.04. The molecule has 130 valence electrons. The van der Waals surface area contributed by atoms with E-state index in [2.05, 4.69) is 23.1 Å². The summed E-state index contributed by atoms with van der Waals surface area (Å²) in [5.41, 5.74) is 3.56. The zero-order chi connectivity index (χ0) is 17.4. The van der Waals surface area contributed by atoms with E-state index >= 15 is 0 Å². The van der Waals surface area contributed by atoms with Gasteiger partial charge in [-0.15, -0.1) is 0 Å². The number of amides is 1. The normalized spacial score (nSPS) is 18.0. The number of aromatic nitrogens is 4. The van der Waals surface area contributed by atoms with Crippen LogP contribution in [0.1, 0.15) is 41.0 Å². The topological polar surface area (TPSA) is 55.4 Å². The van der Waals surface area contributed by atoms with Crippen LogP contribution in [0.2, 0.25) is 0 Å². The lowest BCUT2D eigenvalue weighted by atomic mass is 10.0. The number of hydrogen-bond acceptors (Lipinski definition) is 3. The fraction of sp³-hybridized carbons (Fsp3) is 0.421. The largest absolute Gasteiger partial charge is 0.334 e. The van der Waals surface area contributed by atoms with Gasteiger partial charge in [-0.2, -0.15) is 5.10 Å². The highest BCUT2D eigenvalue weighted by atomic mass is 16.2. The lowest BCUT2D eigenvalue weighted by molar-refractivity contribution is 0.0584. The summed E-state index contributed by atoms with van der Waals surface area (Å²) in [7, 11) is 0. The van der Waals surface area contributed by atoms with Gasteiger partial charge in [0.2, 0.25) is 0 Å². The molecule has 0 radical (unpaired) electrons. The Kier molecular flexibility index (Phi) is 4.03. The van der Waals surface area contributed by atoms with Gasteiger partial charge in [-0.25, -0.2) is 4.98 Å². The number of fused-ring (bicyclic) bond motifs is 1. The molecule has 6 nitrogen and oxygen atoms in total. The molecule has 1 aliphatic rings. The van der Waals surface area contributed by atoms with E-state index in [1.807, 2.05) is 45.4 Å². The Hall–Kier alpha value is -2.63. The summed E-state index contributed by atoms with van der Waals surface area (Å²) >= 11 is 0. The number of pyridine rings is 1.